The van der Waals surface area contributed by atoms with Crippen LogP contribution in [0.4, 0.5) is 0 Å². The van der Waals surface area contributed by atoms with Gasteiger partial charge in [-0.25, -0.2) is 0 Å². The molecule has 1 heteroatoms. The number of fused-ring (bicyclic) bond motifs is 2. The summed E-state index contributed by atoms with van der Waals surface area (Å²) in [6.07, 6.45) is 5.65. The Morgan fingerprint density at radius 3 is 2.47 bits per heavy atom. The highest BCUT2D eigenvalue weighted by atomic mass is 16.5. The van der Waals surface area contributed by atoms with Gasteiger partial charge in [0, 0.05) is 13.2 Å². The Balaban J connectivity index is 1.99. The van der Waals surface area contributed by atoms with E-state index in [1.54, 1.807) is 0 Å². The molecule has 0 aliphatic heterocycles. The summed E-state index contributed by atoms with van der Waals surface area (Å²) in [4.78, 5) is 0. The fraction of sp³-hybridized carbons (Fsp3) is 1.00. The van der Waals surface area contributed by atoms with Gasteiger partial charge in [0.15, 0.2) is 0 Å². The molecule has 0 aromatic carbocycles. The van der Waals surface area contributed by atoms with Crippen molar-refractivity contribution in [3.8, 4) is 0 Å². The topological polar surface area (TPSA) is 9.23 Å². The van der Waals surface area contributed by atoms with E-state index in [9.17, 15) is 0 Å². The molecule has 2 aliphatic rings. The second kappa shape index (κ2) is 3.76. The average Bonchev–Trinajstić information content (AvgIpc) is 2.51. The molecular weight excluding hydrogens is 184 g/mol. The minimum absolute atomic E-state index is 0.573. The van der Waals surface area contributed by atoms with Crippen LogP contribution >= 0.6 is 0 Å². The molecule has 3 atom stereocenters. The summed E-state index contributed by atoms with van der Waals surface area (Å²) in [6, 6.07) is 0. The van der Waals surface area contributed by atoms with E-state index in [0.717, 1.165) is 25.0 Å². The molecule has 0 saturated heterocycles. The quantitative estimate of drug-likeness (QED) is 0.640. The lowest BCUT2D eigenvalue weighted by atomic mass is 9.66. The molecule has 15 heavy (non-hydrogen) atoms. The normalized spacial score (nSPS) is 42.4. The van der Waals surface area contributed by atoms with Crippen LogP contribution in [0.1, 0.15) is 53.4 Å². The summed E-state index contributed by atoms with van der Waals surface area (Å²) >= 11 is 0. The molecule has 0 N–H and O–H groups in total. The molecule has 0 amide bonds. The smallest absolute Gasteiger partial charge is 0.0468 e. The summed E-state index contributed by atoms with van der Waals surface area (Å²) in [6.45, 7) is 11.4. The molecule has 0 radical (unpaired) electrons. The zero-order valence-electron chi connectivity index (χ0n) is 10.8. The Morgan fingerprint density at radius 2 is 2.00 bits per heavy atom. The maximum absolute atomic E-state index is 5.52. The molecule has 2 rings (SSSR count). The van der Waals surface area contributed by atoms with Gasteiger partial charge in [-0.05, 0) is 55.3 Å². The number of rotatable bonds is 4. The zero-order chi connectivity index (χ0) is 11.1. The average molecular weight is 210 g/mol. The Kier molecular flexibility index (Phi) is 2.87. The summed E-state index contributed by atoms with van der Waals surface area (Å²) in [7, 11) is 0. The molecule has 2 saturated carbocycles. The van der Waals surface area contributed by atoms with Gasteiger partial charge in [0.2, 0.25) is 0 Å². The lowest BCUT2D eigenvalue weighted by Crippen LogP contribution is -2.32. The van der Waals surface area contributed by atoms with Gasteiger partial charge >= 0.3 is 0 Å². The minimum atomic E-state index is 0.573. The number of hydrogen-bond acceptors (Lipinski definition) is 1. The van der Waals surface area contributed by atoms with Crippen molar-refractivity contribution >= 4 is 0 Å². The molecule has 3 unspecified atom stereocenters. The first-order valence-corrected chi connectivity index (χ1v) is 6.60. The molecule has 0 heterocycles. The van der Waals surface area contributed by atoms with E-state index in [-0.39, 0.29) is 0 Å². The molecule has 0 aromatic heterocycles. The Hall–Kier alpha value is -0.0400. The molecular formula is C14H26O. The van der Waals surface area contributed by atoms with Gasteiger partial charge in [-0.15, -0.1) is 0 Å². The van der Waals surface area contributed by atoms with Gasteiger partial charge in [-0.1, -0.05) is 20.8 Å². The summed E-state index contributed by atoms with van der Waals surface area (Å²) in [5.74, 6) is 1.90. The third-order valence-electron chi connectivity index (χ3n) is 5.79. The van der Waals surface area contributed by atoms with E-state index in [1.807, 2.05) is 0 Å². The van der Waals surface area contributed by atoms with Crippen LogP contribution in [0.2, 0.25) is 0 Å². The van der Waals surface area contributed by atoms with Crippen LogP contribution in [0.5, 0.6) is 0 Å². The summed E-state index contributed by atoms with van der Waals surface area (Å²) in [5.41, 5.74) is 1.17. The van der Waals surface area contributed by atoms with Crippen LogP contribution in [0.25, 0.3) is 0 Å². The number of hydrogen-bond donors (Lipinski definition) is 0. The van der Waals surface area contributed by atoms with E-state index in [0.29, 0.717) is 10.8 Å². The van der Waals surface area contributed by atoms with Crippen LogP contribution in [0, 0.1) is 22.7 Å². The SMILES string of the molecule is CCOCCC1CC2CCC1(C)C2(C)C. The highest BCUT2D eigenvalue weighted by Gasteiger charge is 2.60. The lowest BCUT2D eigenvalue weighted by Gasteiger charge is -2.39. The molecule has 88 valence electrons. The Bertz CT molecular complexity index is 233. The van der Waals surface area contributed by atoms with Crippen molar-refractivity contribution in [2.45, 2.75) is 53.4 Å². The van der Waals surface area contributed by atoms with Gasteiger partial charge < -0.3 is 4.74 Å². The van der Waals surface area contributed by atoms with E-state index in [4.69, 9.17) is 4.74 Å². The van der Waals surface area contributed by atoms with E-state index >= 15 is 0 Å². The van der Waals surface area contributed by atoms with Crippen LogP contribution in [0.15, 0.2) is 0 Å². The third kappa shape index (κ3) is 1.54. The van der Waals surface area contributed by atoms with Crippen LogP contribution in [-0.4, -0.2) is 13.2 Å². The fourth-order valence-corrected chi connectivity index (χ4v) is 4.18. The van der Waals surface area contributed by atoms with Gasteiger partial charge in [-0.2, -0.15) is 0 Å². The third-order valence-corrected chi connectivity index (χ3v) is 5.79. The predicted octanol–water partition coefficient (Wildman–Crippen LogP) is 3.88. The Labute approximate surface area is 94.6 Å². The van der Waals surface area contributed by atoms with Crippen molar-refractivity contribution in [2.75, 3.05) is 13.2 Å². The van der Waals surface area contributed by atoms with Gasteiger partial charge in [0.05, 0.1) is 0 Å². The second-order valence-corrected chi connectivity index (χ2v) is 6.29. The Morgan fingerprint density at radius 1 is 1.27 bits per heavy atom. The monoisotopic (exact) mass is 210 g/mol. The second-order valence-electron chi connectivity index (χ2n) is 6.29. The van der Waals surface area contributed by atoms with Crippen molar-refractivity contribution in [1.82, 2.24) is 0 Å². The van der Waals surface area contributed by atoms with Crippen molar-refractivity contribution in [1.29, 1.82) is 0 Å². The predicted molar refractivity (Wildman–Crippen MR) is 63.8 cm³/mol. The summed E-state index contributed by atoms with van der Waals surface area (Å²) < 4.78 is 5.52. The van der Waals surface area contributed by atoms with Gasteiger partial charge in [0.25, 0.3) is 0 Å². The van der Waals surface area contributed by atoms with E-state index in [2.05, 4.69) is 27.7 Å². The van der Waals surface area contributed by atoms with E-state index < -0.39 is 0 Å². The van der Waals surface area contributed by atoms with Crippen molar-refractivity contribution in [3.63, 3.8) is 0 Å². The first-order valence-electron chi connectivity index (χ1n) is 6.60. The minimum Gasteiger partial charge on any atom is -0.382 e. The number of ether oxygens (including phenoxy) is 1. The highest BCUT2D eigenvalue weighted by molar-refractivity contribution is 5.09. The van der Waals surface area contributed by atoms with Crippen LogP contribution in [0.3, 0.4) is 0 Å². The molecule has 2 aliphatic carbocycles. The molecule has 2 bridgehead atoms. The largest absolute Gasteiger partial charge is 0.382 e. The van der Waals surface area contributed by atoms with Crippen LogP contribution in [-0.2, 0) is 4.74 Å². The van der Waals surface area contributed by atoms with Gasteiger partial charge in [0.1, 0.15) is 0 Å². The molecule has 0 aromatic rings. The first-order chi connectivity index (χ1) is 7.02. The first kappa shape index (κ1) is 11.4. The molecule has 0 spiro atoms. The standard InChI is InChI=1S/C14H26O/c1-5-15-9-7-12-10-11-6-8-14(12,4)13(11,2)3/h11-12H,5-10H2,1-4H3. The maximum atomic E-state index is 5.52. The fourth-order valence-electron chi connectivity index (χ4n) is 4.18. The van der Waals surface area contributed by atoms with Crippen molar-refractivity contribution in [2.24, 2.45) is 22.7 Å². The van der Waals surface area contributed by atoms with E-state index in [1.165, 1.54) is 25.7 Å². The summed E-state index contributed by atoms with van der Waals surface area (Å²) in [5, 5.41) is 0. The molecule has 2 fully saturated rings. The highest BCUT2D eigenvalue weighted by Crippen LogP contribution is 2.68. The van der Waals surface area contributed by atoms with Crippen molar-refractivity contribution < 1.29 is 4.74 Å². The van der Waals surface area contributed by atoms with Gasteiger partial charge in [-0.3, -0.25) is 0 Å². The lowest BCUT2D eigenvalue weighted by molar-refractivity contribution is 0.0654. The zero-order valence-corrected chi connectivity index (χ0v) is 10.8. The van der Waals surface area contributed by atoms with Crippen LogP contribution < -0.4 is 0 Å². The molecule has 1 nitrogen and oxygen atoms in total. The van der Waals surface area contributed by atoms with Crippen molar-refractivity contribution in [3.05, 3.63) is 0 Å². The maximum Gasteiger partial charge on any atom is 0.0468 e.